The molecule has 6 rings (SSSR count). The average molecular weight is 419 g/mol. The second kappa shape index (κ2) is 6.67. The van der Waals surface area contributed by atoms with E-state index in [-0.39, 0.29) is 5.41 Å². The molecule has 0 fully saturated rings. The molecule has 0 aliphatic heterocycles. The second-order valence-corrected chi connectivity index (χ2v) is 9.51. The van der Waals surface area contributed by atoms with Gasteiger partial charge in [0, 0.05) is 26.6 Å². The Bertz CT molecular complexity index is 1770. The minimum atomic E-state index is -2.22. The quantitative estimate of drug-likeness (QED) is 0.250. The molecule has 0 unspecified atom stereocenters. The number of hydrogen-bond acceptors (Lipinski definition) is 2. The normalized spacial score (nSPS) is 14.2. The number of fused-ring (bicyclic) bond motifs is 6. The number of nitrogens with zero attached hydrogens (tertiary/aromatic N) is 1. The van der Waals surface area contributed by atoms with Crippen molar-refractivity contribution in [1.29, 1.82) is 0 Å². The van der Waals surface area contributed by atoms with Crippen molar-refractivity contribution in [1.82, 2.24) is 4.98 Å². The van der Waals surface area contributed by atoms with Crippen molar-refractivity contribution in [3.05, 3.63) is 90.1 Å². The highest BCUT2D eigenvalue weighted by Crippen LogP contribution is 2.39. The van der Waals surface area contributed by atoms with Crippen LogP contribution in [-0.4, -0.2) is 4.98 Å². The van der Waals surface area contributed by atoms with Crippen LogP contribution in [0.15, 0.2) is 83.4 Å². The predicted molar refractivity (Wildman–Crippen MR) is 135 cm³/mol. The van der Waals surface area contributed by atoms with Gasteiger partial charge in [0.05, 0.1) is 5.69 Å². The Hall–Kier alpha value is -3.65. The van der Waals surface area contributed by atoms with Gasteiger partial charge in [-0.15, -0.1) is 0 Å². The van der Waals surface area contributed by atoms with Crippen molar-refractivity contribution in [3.8, 4) is 11.3 Å². The fourth-order valence-electron chi connectivity index (χ4n) is 4.72. The van der Waals surface area contributed by atoms with Crippen molar-refractivity contribution >= 4 is 43.5 Å². The minimum Gasteiger partial charge on any atom is -0.455 e. The molecule has 4 aromatic carbocycles. The predicted octanol–water partition coefficient (Wildman–Crippen LogP) is 8.56. The molecule has 0 radical (unpaired) electrons. The summed E-state index contributed by atoms with van der Waals surface area (Å²) in [5, 5.41) is 6.80. The summed E-state index contributed by atoms with van der Waals surface area (Å²) in [7, 11) is 0. The van der Waals surface area contributed by atoms with E-state index in [1.165, 1.54) is 22.4 Å². The summed E-state index contributed by atoms with van der Waals surface area (Å²) in [5.74, 6) is 0. The zero-order valence-electron chi connectivity index (χ0n) is 21.4. The smallest absolute Gasteiger partial charge is 0.144 e. The lowest BCUT2D eigenvalue weighted by Gasteiger charge is -2.22. The third-order valence-corrected chi connectivity index (χ3v) is 6.35. The molecule has 2 heterocycles. The topological polar surface area (TPSA) is 26.0 Å². The molecule has 0 N–H and O–H groups in total. The van der Waals surface area contributed by atoms with Crippen LogP contribution in [0.2, 0.25) is 0 Å². The molecular formula is C30H25NO. The second-order valence-electron chi connectivity index (χ2n) is 9.51. The monoisotopic (exact) mass is 418 g/mol. The van der Waals surface area contributed by atoms with E-state index >= 15 is 0 Å². The molecule has 2 aromatic heterocycles. The molecule has 0 amide bonds. The van der Waals surface area contributed by atoms with Gasteiger partial charge in [-0.2, -0.15) is 0 Å². The molecule has 2 heteroatoms. The summed E-state index contributed by atoms with van der Waals surface area (Å²) < 4.78 is 30.4. The lowest BCUT2D eigenvalue weighted by Crippen LogP contribution is -2.13. The maximum Gasteiger partial charge on any atom is 0.144 e. The lowest BCUT2D eigenvalue weighted by atomic mass is 9.84. The van der Waals surface area contributed by atoms with Crippen molar-refractivity contribution in [2.24, 2.45) is 0 Å². The Labute approximate surface area is 191 Å². The van der Waals surface area contributed by atoms with Crippen molar-refractivity contribution in [3.63, 3.8) is 0 Å². The van der Waals surface area contributed by atoms with Crippen LogP contribution in [-0.2, 0) is 5.41 Å². The molecule has 0 bridgehead atoms. The van der Waals surface area contributed by atoms with Gasteiger partial charge in [-0.3, -0.25) is 4.98 Å². The Balaban J connectivity index is 1.62. The van der Waals surface area contributed by atoms with Gasteiger partial charge < -0.3 is 4.42 Å². The van der Waals surface area contributed by atoms with Crippen molar-refractivity contribution in [2.75, 3.05) is 0 Å². The first-order valence-electron chi connectivity index (χ1n) is 12.4. The number of aryl methyl sites for hydroxylation is 1. The molecule has 0 aliphatic carbocycles. The average Bonchev–Trinajstić information content (AvgIpc) is 3.19. The third kappa shape index (κ3) is 2.83. The van der Waals surface area contributed by atoms with E-state index in [9.17, 15) is 0 Å². The van der Waals surface area contributed by atoms with Crippen LogP contribution >= 0.6 is 0 Å². The van der Waals surface area contributed by atoms with Crippen LogP contribution < -0.4 is 0 Å². The summed E-state index contributed by atoms with van der Waals surface area (Å²) in [5.41, 5.74) is 3.87. The Kier molecular flexibility index (Phi) is 3.35. The van der Waals surface area contributed by atoms with E-state index in [0.29, 0.717) is 11.3 Å². The van der Waals surface area contributed by atoms with Gasteiger partial charge in [0.25, 0.3) is 0 Å². The standard InChI is InChI=1S/C30H25NO/c1-18-17-31-27(16-26(18)30(2,3)4)23-11-7-10-22-25-14-20-13-12-19-8-5-6-9-21(19)24(20)15-28(25)32-29(22)23/h5-17H,1-4H3/i1D3. The van der Waals surface area contributed by atoms with Gasteiger partial charge in [-0.1, -0.05) is 69.3 Å². The zero-order chi connectivity index (χ0) is 24.5. The van der Waals surface area contributed by atoms with Crippen LogP contribution in [0.4, 0.5) is 0 Å². The summed E-state index contributed by atoms with van der Waals surface area (Å²) in [6.45, 7) is 3.86. The number of pyridine rings is 1. The van der Waals surface area contributed by atoms with Gasteiger partial charge in [-0.05, 0) is 69.2 Å². The first-order chi connectivity index (χ1) is 16.6. The fraction of sp³-hybridized carbons (Fsp3) is 0.167. The van der Waals surface area contributed by atoms with Crippen molar-refractivity contribution in [2.45, 2.75) is 33.0 Å². The van der Waals surface area contributed by atoms with Gasteiger partial charge in [-0.25, -0.2) is 0 Å². The summed E-state index contributed by atoms with van der Waals surface area (Å²) >= 11 is 0. The SMILES string of the molecule is [2H]C([2H])([2H])c1cnc(-c2cccc3c2oc2cc4c(ccc5ccccc54)cc23)cc1C(C)(C)C. The highest BCUT2D eigenvalue weighted by Gasteiger charge is 2.20. The van der Waals surface area contributed by atoms with Crippen LogP contribution in [0.1, 0.15) is 36.0 Å². The minimum absolute atomic E-state index is 0.295. The van der Waals surface area contributed by atoms with Crippen LogP contribution in [0.3, 0.4) is 0 Å². The van der Waals surface area contributed by atoms with E-state index in [1.807, 2.05) is 39.0 Å². The molecule has 0 atom stereocenters. The largest absolute Gasteiger partial charge is 0.455 e. The Morgan fingerprint density at radius 3 is 2.44 bits per heavy atom. The van der Waals surface area contributed by atoms with E-state index in [0.717, 1.165) is 38.5 Å². The highest BCUT2D eigenvalue weighted by atomic mass is 16.3. The van der Waals surface area contributed by atoms with E-state index in [1.54, 1.807) is 0 Å². The molecule has 0 aliphatic rings. The maximum atomic E-state index is 7.98. The maximum absolute atomic E-state index is 7.98. The zero-order valence-corrected chi connectivity index (χ0v) is 18.4. The number of furan rings is 1. The molecule has 32 heavy (non-hydrogen) atoms. The molecule has 0 spiro atoms. The Morgan fingerprint density at radius 2 is 1.59 bits per heavy atom. The van der Waals surface area contributed by atoms with Gasteiger partial charge in [0.15, 0.2) is 0 Å². The van der Waals surface area contributed by atoms with Gasteiger partial charge in [0.1, 0.15) is 11.2 Å². The number of rotatable bonds is 1. The van der Waals surface area contributed by atoms with Crippen molar-refractivity contribution < 1.29 is 8.53 Å². The molecule has 6 aromatic rings. The number of benzene rings is 4. The summed E-state index contributed by atoms with van der Waals surface area (Å²) in [6.07, 6.45) is 1.50. The molecular weight excluding hydrogens is 390 g/mol. The molecule has 0 saturated carbocycles. The first kappa shape index (κ1) is 16.0. The number of para-hydroxylation sites is 1. The van der Waals surface area contributed by atoms with Crippen LogP contribution in [0, 0.1) is 6.85 Å². The number of aromatic nitrogens is 1. The van der Waals surface area contributed by atoms with E-state index in [4.69, 9.17) is 8.53 Å². The number of hydrogen-bond donors (Lipinski definition) is 0. The fourth-order valence-corrected chi connectivity index (χ4v) is 4.72. The van der Waals surface area contributed by atoms with Gasteiger partial charge >= 0.3 is 0 Å². The summed E-state index contributed by atoms with van der Waals surface area (Å²) in [4.78, 5) is 4.59. The van der Waals surface area contributed by atoms with Gasteiger partial charge in [0.2, 0.25) is 0 Å². The molecule has 2 nitrogen and oxygen atoms in total. The molecule has 0 saturated heterocycles. The Morgan fingerprint density at radius 1 is 0.781 bits per heavy atom. The van der Waals surface area contributed by atoms with Crippen LogP contribution in [0.25, 0.3) is 54.7 Å². The van der Waals surface area contributed by atoms with E-state index in [2.05, 4.69) is 59.6 Å². The lowest BCUT2D eigenvalue weighted by molar-refractivity contribution is 0.585. The highest BCUT2D eigenvalue weighted by molar-refractivity contribution is 6.17. The molecule has 156 valence electrons. The van der Waals surface area contributed by atoms with Crippen LogP contribution in [0.5, 0.6) is 0 Å². The third-order valence-electron chi connectivity index (χ3n) is 6.35. The summed E-state index contributed by atoms with van der Waals surface area (Å²) in [6, 6.07) is 25.0. The first-order valence-corrected chi connectivity index (χ1v) is 10.9. The van der Waals surface area contributed by atoms with E-state index < -0.39 is 6.85 Å².